The van der Waals surface area contributed by atoms with Crippen LogP contribution in [0.15, 0.2) is 72.8 Å². The maximum atomic E-state index is 14.0. The second-order valence-corrected chi connectivity index (χ2v) is 10.2. The van der Waals surface area contributed by atoms with E-state index >= 15 is 0 Å². The van der Waals surface area contributed by atoms with Crippen molar-refractivity contribution in [1.29, 1.82) is 0 Å². The first-order chi connectivity index (χ1) is 18.9. The molecule has 1 fully saturated rings. The zero-order valence-corrected chi connectivity index (χ0v) is 22.1. The summed E-state index contributed by atoms with van der Waals surface area (Å²) >= 11 is 0. The third-order valence-electron chi connectivity index (χ3n) is 7.84. The van der Waals surface area contributed by atoms with Crippen LogP contribution in [-0.2, 0) is 11.2 Å². The molecule has 4 aromatic rings. The number of hydrogen-bond donors (Lipinski definition) is 2. The minimum absolute atomic E-state index is 0.0524. The third kappa shape index (κ3) is 4.03. The van der Waals surface area contributed by atoms with Gasteiger partial charge in [-0.1, -0.05) is 37.3 Å². The minimum Gasteiger partial charge on any atom is -0.497 e. The Kier molecular flexibility index (Phi) is 6.10. The molecule has 0 saturated carbocycles. The number of methoxy groups -OCH3 is 1. The molecule has 1 saturated heterocycles. The molecule has 6 rings (SSSR count). The number of anilines is 1. The first kappa shape index (κ1) is 24.7. The van der Waals surface area contributed by atoms with Gasteiger partial charge in [0.25, 0.3) is 11.8 Å². The van der Waals surface area contributed by atoms with E-state index < -0.39 is 12.1 Å². The molecule has 8 heteroatoms. The van der Waals surface area contributed by atoms with Crippen LogP contribution in [0, 0.1) is 0 Å². The van der Waals surface area contributed by atoms with Gasteiger partial charge in [-0.05, 0) is 66.9 Å². The van der Waals surface area contributed by atoms with Crippen molar-refractivity contribution in [1.82, 2.24) is 15.2 Å². The van der Waals surface area contributed by atoms with Crippen LogP contribution in [0.3, 0.4) is 0 Å². The Morgan fingerprint density at radius 1 is 1.08 bits per heavy atom. The van der Waals surface area contributed by atoms with Gasteiger partial charge in [0.1, 0.15) is 17.8 Å². The third-order valence-corrected chi connectivity index (χ3v) is 7.84. The van der Waals surface area contributed by atoms with Crippen molar-refractivity contribution in [3.63, 3.8) is 0 Å². The molecule has 0 unspecified atom stereocenters. The van der Waals surface area contributed by atoms with E-state index in [-0.39, 0.29) is 23.9 Å². The van der Waals surface area contributed by atoms with Gasteiger partial charge in [0.05, 0.1) is 12.8 Å². The molecule has 198 valence electrons. The van der Waals surface area contributed by atoms with Crippen molar-refractivity contribution in [3.8, 4) is 5.75 Å². The van der Waals surface area contributed by atoms with E-state index in [0.717, 1.165) is 34.1 Å². The van der Waals surface area contributed by atoms with Gasteiger partial charge in [-0.3, -0.25) is 14.5 Å². The van der Waals surface area contributed by atoms with Gasteiger partial charge in [-0.15, -0.1) is 0 Å². The summed E-state index contributed by atoms with van der Waals surface area (Å²) in [7, 11) is 1.61. The lowest BCUT2D eigenvalue weighted by molar-refractivity contribution is -0.120. The molecule has 0 radical (unpaired) electrons. The van der Waals surface area contributed by atoms with E-state index in [4.69, 9.17) is 4.74 Å². The molecule has 3 aromatic carbocycles. The van der Waals surface area contributed by atoms with Crippen LogP contribution in [0.2, 0.25) is 0 Å². The maximum Gasteiger partial charge on any atom is 0.332 e. The van der Waals surface area contributed by atoms with Gasteiger partial charge in [0.15, 0.2) is 0 Å². The number of aromatic amines is 1. The lowest BCUT2D eigenvalue weighted by atomic mass is 9.89. The average Bonchev–Trinajstić information content (AvgIpc) is 3.46. The molecular formula is C31H30N4O4. The first-order valence-corrected chi connectivity index (χ1v) is 13.2. The lowest BCUT2D eigenvalue weighted by Gasteiger charge is -2.36. The van der Waals surface area contributed by atoms with Gasteiger partial charge in [-0.2, -0.15) is 0 Å². The Balaban J connectivity index is 1.40. The molecule has 8 nitrogen and oxygen atoms in total. The summed E-state index contributed by atoms with van der Waals surface area (Å²) in [6.45, 7) is 3.95. The number of carbonyl (C=O) groups excluding carboxylic acids is 3. The highest BCUT2D eigenvalue weighted by Crippen LogP contribution is 2.45. The number of carbonyl (C=O) groups is 3. The van der Waals surface area contributed by atoms with E-state index in [2.05, 4.69) is 10.3 Å². The predicted octanol–water partition coefficient (Wildman–Crippen LogP) is 5.19. The molecule has 0 bridgehead atoms. The van der Waals surface area contributed by atoms with Crippen LogP contribution in [0.25, 0.3) is 10.9 Å². The average molecular weight is 523 g/mol. The molecule has 0 aliphatic carbocycles. The number of hydrogen-bond acceptors (Lipinski definition) is 4. The fourth-order valence-corrected chi connectivity index (χ4v) is 5.64. The molecule has 2 N–H and O–H groups in total. The first-order valence-electron chi connectivity index (χ1n) is 13.2. The fourth-order valence-electron chi connectivity index (χ4n) is 5.64. The Labute approximate surface area is 226 Å². The number of fused-ring (bicyclic) bond motifs is 4. The van der Waals surface area contributed by atoms with Crippen molar-refractivity contribution in [2.24, 2.45) is 0 Å². The molecule has 3 heterocycles. The topological polar surface area (TPSA) is 94.7 Å². The van der Waals surface area contributed by atoms with E-state index in [0.29, 0.717) is 23.4 Å². The SMILES string of the molecule is CC[C@@H](C)NC(=O)c1ccc(N2C(=O)[C@@H]3Cc4c([nH]c5ccccc45)[C@@H](c4cccc(OC)c4)N3C2=O)cc1. The highest BCUT2D eigenvalue weighted by atomic mass is 16.5. The largest absolute Gasteiger partial charge is 0.497 e. The van der Waals surface area contributed by atoms with Gasteiger partial charge in [0.2, 0.25) is 0 Å². The van der Waals surface area contributed by atoms with Gasteiger partial charge in [0, 0.05) is 34.6 Å². The van der Waals surface area contributed by atoms with E-state index in [9.17, 15) is 14.4 Å². The van der Waals surface area contributed by atoms with Crippen molar-refractivity contribution in [2.45, 2.75) is 44.8 Å². The molecule has 2 aliphatic heterocycles. The number of amides is 4. The summed E-state index contributed by atoms with van der Waals surface area (Å²) in [6.07, 6.45) is 1.24. The number of rotatable bonds is 6. The van der Waals surface area contributed by atoms with Crippen LogP contribution in [0.1, 0.15) is 53.5 Å². The number of benzene rings is 3. The number of para-hydroxylation sites is 1. The summed E-state index contributed by atoms with van der Waals surface area (Å²) in [5.41, 5.74) is 4.69. The molecule has 2 aliphatic rings. The maximum absolute atomic E-state index is 14.0. The molecule has 4 amide bonds. The highest BCUT2D eigenvalue weighted by Gasteiger charge is 2.53. The van der Waals surface area contributed by atoms with E-state index in [1.165, 1.54) is 4.90 Å². The molecule has 1 aromatic heterocycles. The van der Waals surface area contributed by atoms with Crippen molar-refractivity contribution in [3.05, 3.63) is 95.2 Å². The van der Waals surface area contributed by atoms with Crippen molar-refractivity contribution in [2.75, 3.05) is 12.0 Å². The number of ether oxygens (including phenoxy) is 1. The molecule has 39 heavy (non-hydrogen) atoms. The van der Waals surface area contributed by atoms with Gasteiger partial charge >= 0.3 is 6.03 Å². The van der Waals surface area contributed by atoms with E-state index in [1.54, 1.807) is 36.3 Å². The normalized spacial score (nSPS) is 19.2. The van der Waals surface area contributed by atoms with Crippen LogP contribution >= 0.6 is 0 Å². The van der Waals surface area contributed by atoms with Gasteiger partial charge < -0.3 is 15.0 Å². The number of nitrogens with zero attached hydrogens (tertiary/aromatic N) is 2. The minimum atomic E-state index is -0.659. The summed E-state index contributed by atoms with van der Waals surface area (Å²) in [5.74, 6) is 0.213. The number of nitrogens with one attached hydrogen (secondary N) is 2. The number of aromatic nitrogens is 1. The summed E-state index contributed by atoms with van der Waals surface area (Å²) in [5, 5.41) is 3.99. The lowest BCUT2D eigenvalue weighted by Crippen LogP contribution is -2.44. The second kappa shape index (κ2) is 9.62. The Hall–Kier alpha value is -4.59. The highest BCUT2D eigenvalue weighted by molar-refractivity contribution is 6.22. The van der Waals surface area contributed by atoms with Gasteiger partial charge in [-0.25, -0.2) is 9.69 Å². The Morgan fingerprint density at radius 2 is 1.85 bits per heavy atom. The summed E-state index contributed by atoms with van der Waals surface area (Å²) in [6, 6.07) is 20.8. The van der Waals surface area contributed by atoms with Crippen LogP contribution in [0.5, 0.6) is 5.75 Å². The molecule has 0 spiro atoms. The van der Waals surface area contributed by atoms with E-state index in [1.807, 2.05) is 62.4 Å². The number of H-pyrrole nitrogens is 1. The Bertz CT molecular complexity index is 1590. The molecular weight excluding hydrogens is 492 g/mol. The fraction of sp³-hybridized carbons (Fsp3) is 0.258. The zero-order chi connectivity index (χ0) is 27.3. The second-order valence-electron chi connectivity index (χ2n) is 10.2. The molecule has 3 atom stereocenters. The van der Waals surface area contributed by atoms with Crippen LogP contribution in [-0.4, -0.2) is 46.9 Å². The standard InChI is InChI=1S/C31H30N4O4/c1-4-18(2)32-29(36)19-12-14-21(15-13-19)34-30(37)26-17-24-23-10-5-6-11-25(23)33-27(24)28(35(26)31(34)38)20-8-7-9-22(16-20)39-3/h5-16,18,26,28,33H,4,17H2,1-3H3,(H,32,36)/t18-,26+,28-/m1/s1. The quantitative estimate of drug-likeness (QED) is 0.341. The smallest absolute Gasteiger partial charge is 0.332 e. The number of imide groups is 1. The van der Waals surface area contributed by atoms with Crippen LogP contribution < -0.4 is 15.0 Å². The zero-order valence-electron chi connectivity index (χ0n) is 22.1. The van der Waals surface area contributed by atoms with Crippen molar-refractivity contribution < 1.29 is 19.1 Å². The summed E-state index contributed by atoms with van der Waals surface area (Å²) in [4.78, 5) is 46.9. The summed E-state index contributed by atoms with van der Waals surface area (Å²) < 4.78 is 5.48. The van der Waals surface area contributed by atoms with Crippen LogP contribution in [0.4, 0.5) is 10.5 Å². The predicted molar refractivity (Wildman–Crippen MR) is 149 cm³/mol. The Morgan fingerprint density at radius 3 is 2.59 bits per heavy atom. The van der Waals surface area contributed by atoms with Crippen molar-refractivity contribution >= 4 is 34.4 Å². The number of urea groups is 1. The monoisotopic (exact) mass is 522 g/mol.